The first-order valence-electron chi connectivity index (χ1n) is 3.37. The molecule has 0 aromatic carbocycles. The van der Waals surface area contributed by atoms with Crippen molar-refractivity contribution < 1.29 is 5.11 Å². The third-order valence-electron chi connectivity index (χ3n) is 1.62. The van der Waals surface area contributed by atoms with Gasteiger partial charge in [-0.15, -0.1) is 0 Å². The zero-order valence-electron chi connectivity index (χ0n) is 6.10. The van der Waals surface area contributed by atoms with E-state index < -0.39 is 0 Å². The Hall–Kier alpha value is -2.02. The molecule has 2 aromatic heterocycles. The second-order valence-corrected chi connectivity index (χ2v) is 2.37. The number of aromatic nitrogens is 2. The Kier molecular flexibility index (Phi) is 1.25. The Balaban J connectivity index is 2.82. The average molecular weight is 159 g/mol. The predicted molar refractivity (Wildman–Crippen MR) is 41.6 cm³/mol. The molecular weight excluding hydrogens is 154 g/mol. The molecule has 0 spiro atoms. The van der Waals surface area contributed by atoms with Crippen molar-refractivity contribution in [2.45, 2.75) is 0 Å². The summed E-state index contributed by atoms with van der Waals surface area (Å²) in [6.07, 6.45) is 2.88. The maximum atomic E-state index is 9.22. The molecule has 58 valence electrons. The van der Waals surface area contributed by atoms with E-state index in [4.69, 9.17) is 5.26 Å². The summed E-state index contributed by atoms with van der Waals surface area (Å²) in [5.74, 6) is 0.0436. The minimum Gasteiger partial charge on any atom is -0.493 e. The standard InChI is InChI=1S/C8H5N3O/c9-3-6-1-2-7-10-4-8(12)11(7)5-6/h1-2,4-5,12H. The van der Waals surface area contributed by atoms with Crippen LogP contribution in [0, 0.1) is 11.3 Å². The molecular formula is C8H5N3O. The van der Waals surface area contributed by atoms with Crippen LogP contribution in [0.4, 0.5) is 0 Å². The van der Waals surface area contributed by atoms with Gasteiger partial charge in [0.05, 0.1) is 11.8 Å². The van der Waals surface area contributed by atoms with Gasteiger partial charge in [-0.1, -0.05) is 0 Å². The van der Waals surface area contributed by atoms with Gasteiger partial charge in [-0.2, -0.15) is 5.26 Å². The van der Waals surface area contributed by atoms with Gasteiger partial charge in [-0.3, -0.25) is 4.40 Å². The molecule has 4 nitrogen and oxygen atoms in total. The summed E-state index contributed by atoms with van der Waals surface area (Å²) in [7, 11) is 0. The molecule has 0 bridgehead atoms. The third-order valence-corrected chi connectivity index (χ3v) is 1.62. The van der Waals surface area contributed by atoms with Crippen molar-refractivity contribution in [3.05, 3.63) is 30.1 Å². The lowest BCUT2D eigenvalue weighted by Crippen LogP contribution is -1.85. The van der Waals surface area contributed by atoms with Gasteiger partial charge in [0.25, 0.3) is 0 Å². The fraction of sp³-hybridized carbons (Fsp3) is 0. The van der Waals surface area contributed by atoms with E-state index in [9.17, 15) is 5.11 Å². The first kappa shape index (κ1) is 6.68. The van der Waals surface area contributed by atoms with E-state index in [2.05, 4.69) is 4.98 Å². The molecule has 2 heterocycles. The Morgan fingerprint density at radius 3 is 3.08 bits per heavy atom. The maximum Gasteiger partial charge on any atom is 0.215 e. The second-order valence-electron chi connectivity index (χ2n) is 2.37. The van der Waals surface area contributed by atoms with Crippen molar-refractivity contribution >= 4 is 5.65 Å². The molecule has 2 rings (SSSR count). The van der Waals surface area contributed by atoms with Gasteiger partial charge in [-0.05, 0) is 12.1 Å². The monoisotopic (exact) mass is 159 g/mol. The van der Waals surface area contributed by atoms with E-state index in [1.54, 1.807) is 12.1 Å². The number of pyridine rings is 1. The summed E-state index contributed by atoms with van der Waals surface area (Å²) in [5, 5.41) is 17.8. The van der Waals surface area contributed by atoms with Crippen LogP contribution in [0.5, 0.6) is 5.88 Å². The minimum atomic E-state index is 0.0436. The van der Waals surface area contributed by atoms with E-state index in [-0.39, 0.29) is 5.88 Å². The molecule has 0 amide bonds. The van der Waals surface area contributed by atoms with Crippen LogP contribution in [-0.2, 0) is 0 Å². The average Bonchev–Trinajstić information content (AvgIpc) is 2.47. The molecule has 0 aliphatic heterocycles. The highest BCUT2D eigenvalue weighted by atomic mass is 16.3. The number of nitriles is 1. The summed E-state index contributed by atoms with van der Waals surface area (Å²) in [5.41, 5.74) is 1.13. The van der Waals surface area contributed by atoms with Crippen molar-refractivity contribution in [2.24, 2.45) is 0 Å². The summed E-state index contributed by atoms with van der Waals surface area (Å²) < 4.78 is 1.46. The zero-order chi connectivity index (χ0) is 8.55. The maximum absolute atomic E-state index is 9.22. The summed E-state index contributed by atoms with van der Waals surface area (Å²) in [4.78, 5) is 3.90. The number of rotatable bonds is 0. The normalized spacial score (nSPS) is 9.92. The molecule has 0 saturated heterocycles. The molecule has 12 heavy (non-hydrogen) atoms. The molecule has 0 atom stereocenters. The van der Waals surface area contributed by atoms with E-state index in [1.807, 2.05) is 6.07 Å². The van der Waals surface area contributed by atoms with E-state index in [0.29, 0.717) is 11.2 Å². The van der Waals surface area contributed by atoms with Gasteiger partial charge in [0.1, 0.15) is 11.7 Å². The van der Waals surface area contributed by atoms with E-state index in [0.717, 1.165) is 0 Å². The fourth-order valence-electron chi connectivity index (χ4n) is 1.03. The quantitative estimate of drug-likeness (QED) is 0.621. The third kappa shape index (κ3) is 0.805. The highest BCUT2D eigenvalue weighted by Gasteiger charge is 2.00. The number of fused-ring (bicyclic) bond motifs is 1. The van der Waals surface area contributed by atoms with Crippen LogP contribution < -0.4 is 0 Å². The van der Waals surface area contributed by atoms with Crippen LogP contribution in [0.1, 0.15) is 5.56 Å². The highest BCUT2D eigenvalue weighted by molar-refractivity contribution is 5.45. The van der Waals surface area contributed by atoms with Crippen LogP contribution in [0.15, 0.2) is 24.5 Å². The lowest BCUT2D eigenvalue weighted by atomic mass is 10.3. The first-order valence-corrected chi connectivity index (χ1v) is 3.37. The van der Waals surface area contributed by atoms with Crippen LogP contribution in [-0.4, -0.2) is 14.5 Å². The number of nitrogens with zero attached hydrogens (tertiary/aromatic N) is 3. The number of aromatic hydroxyl groups is 1. The molecule has 0 fully saturated rings. The second kappa shape index (κ2) is 2.24. The number of hydrogen-bond acceptors (Lipinski definition) is 3. The molecule has 0 aliphatic rings. The van der Waals surface area contributed by atoms with Crippen LogP contribution in [0.3, 0.4) is 0 Å². The molecule has 4 heteroatoms. The summed E-state index contributed by atoms with van der Waals surface area (Å²) in [6.45, 7) is 0. The van der Waals surface area contributed by atoms with Crippen molar-refractivity contribution in [2.75, 3.05) is 0 Å². The predicted octanol–water partition coefficient (Wildman–Crippen LogP) is 0.912. The van der Waals surface area contributed by atoms with Gasteiger partial charge in [0.2, 0.25) is 5.88 Å². The van der Waals surface area contributed by atoms with Gasteiger partial charge in [0.15, 0.2) is 0 Å². The Labute approximate surface area is 68.3 Å². The lowest BCUT2D eigenvalue weighted by molar-refractivity contribution is 0.448. The van der Waals surface area contributed by atoms with Crippen molar-refractivity contribution in [3.63, 3.8) is 0 Å². The SMILES string of the molecule is N#Cc1ccc2ncc(O)n2c1. The van der Waals surface area contributed by atoms with Crippen LogP contribution in [0.2, 0.25) is 0 Å². The Bertz CT molecular complexity index is 467. The first-order chi connectivity index (χ1) is 5.81. The van der Waals surface area contributed by atoms with Gasteiger partial charge in [-0.25, -0.2) is 4.98 Å². The summed E-state index contributed by atoms with van der Waals surface area (Å²) in [6, 6.07) is 5.31. The fourth-order valence-corrected chi connectivity index (χ4v) is 1.03. The van der Waals surface area contributed by atoms with Crippen LogP contribution in [0.25, 0.3) is 5.65 Å². The van der Waals surface area contributed by atoms with E-state index >= 15 is 0 Å². The molecule has 1 N–H and O–H groups in total. The zero-order valence-corrected chi connectivity index (χ0v) is 6.10. The van der Waals surface area contributed by atoms with Crippen molar-refractivity contribution in [3.8, 4) is 11.9 Å². The van der Waals surface area contributed by atoms with E-state index in [1.165, 1.54) is 16.8 Å². The van der Waals surface area contributed by atoms with Gasteiger partial charge in [0, 0.05) is 6.20 Å². The number of hydrogen-bond donors (Lipinski definition) is 1. The van der Waals surface area contributed by atoms with Gasteiger partial charge < -0.3 is 5.11 Å². The molecule has 0 saturated carbocycles. The highest BCUT2D eigenvalue weighted by Crippen LogP contribution is 2.12. The molecule has 2 aromatic rings. The smallest absolute Gasteiger partial charge is 0.215 e. The lowest BCUT2D eigenvalue weighted by Gasteiger charge is -1.93. The molecule has 0 unspecified atom stereocenters. The van der Waals surface area contributed by atoms with Gasteiger partial charge >= 0.3 is 0 Å². The summed E-state index contributed by atoms with van der Waals surface area (Å²) >= 11 is 0. The van der Waals surface area contributed by atoms with Crippen molar-refractivity contribution in [1.29, 1.82) is 5.26 Å². The largest absolute Gasteiger partial charge is 0.493 e. The van der Waals surface area contributed by atoms with Crippen molar-refractivity contribution in [1.82, 2.24) is 9.38 Å². The minimum absolute atomic E-state index is 0.0436. The molecule has 0 radical (unpaired) electrons. The topological polar surface area (TPSA) is 61.3 Å². The Morgan fingerprint density at radius 2 is 2.33 bits per heavy atom. The molecule has 0 aliphatic carbocycles. The number of imidazole rings is 1. The Morgan fingerprint density at radius 1 is 1.50 bits per heavy atom. The van der Waals surface area contributed by atoms with Crippen LogP contribution >= 0.6 is 0 Å².